The largest absolute Gasteiger partial charge is 0.348 e. The highest BCUT2D eigenvalue weighted by Crippen LogP contribution is 2.28. The Balaban J connectivity index is 2.20. The quantitative estimate of drug-likeness (QED) is 0.843. The Labute approximate surface area is 131 Å². The van der Waals surface area contributed by atoms with Gasteiger partial charge >= 0.3 is 0 Å². The normalized spacial score (nSPS) is 20.7. The van der Waals surface area contributed by atoms with Gasteiger partial charge in [0.2, 0.25) is 0 Å². The van der Waals surface area contributed by atoms with Gasteiger partial charge in [-0.25, -0.2) is 0 Å². The van der Waals surface area contributed by atoms with Crippen LogP contribution in [0.25, 0.3) is 0 Å². The second kappa shape index (κ2) is 7.53. The van der Waals surface area contributed by atoms with E-state index in [1.807, 2.05) is 36.9 Å². The van der Waals surface area contributed by atoms with E-state index in [9.17, 15) is 4.79 Å². The van der Waals surface area contributed by atoms with Crippen molar-refractivity contribution in [1.29, 1.82) is 0 Å². The van der Waals surface area contributed by atoms with E-state index >= 15 is 0 Å². The molecule has 1 aliphatic carbocycles. The molecular weight excluding hydrogens is 280 g/mol. The molecule has 0 spiro atoms. The molecule has 1 fully saturated rings. The van der Waals surface area contributed by atoms with Crippen LogP contribution in [-0.2, 0) is 0 Å². The molecule has 3 nitrogen and oxygen atoms in total. The smallest absolute Gasteiger partial charge is 0.252 e. The highest BCUT2D eigenvalue weighted by molar-refractivity contribution is 7.99. The number of benzene rings is 1. The molecule has 1 aromatic rings. The lowest BCUT2D eigenvalue weighted by Gasteiger charge is -2.19. The van der Waals surface area contributed by atoms with Crippen LogP contribution in [0, 0.1) is 18.8 Å². The standard InChI is InChI=1S/C17H22N2OS/c1-12-8-9-13(5-4-10-18)14(11-12)17(20)19-15-6-3-7-16(15)21-2/h8-9,11,15-16H,3,6-7,10,18H2,1-2H3,(H,19,20). The first kappa shape index (κ1) is 15.9. The lowest BCUT2D eigenvalue weighted by Crippen LogP contribution is -2.38. The van der Waals surface area contributed by atoms with Crippen molar-refractivity contribution < 1.29 is 4.79 Å². The van der Waals surface area contributed by atoms with Crippen LogP contribution < -0.4 is 11.1 Å². The SMILES string of the molecule is CSC1CCCC1NC(=O)c1cc(C)ccc1C#CCN. The summed E-state index contributed by atoms with van der Waals surface area (Å²) in [6, 6.07) is 6.03. The molecule has 0 heterocycles. The number of thioether (sulfide) groups is 1. The molecule has 2 rings (SSSR count). The Bertz CT molecular complexity index is 574. The predicted molar refractivity (Wildman–Crippen MR) is 89.5 cm³/mol. The van der Waals surface area contributed by atoms with Gasteiger partial charge in [0.1, 0.15) is 0 Å². The van der Waals surface area contributed by atoms with E-state index < -0.39 is 0 Å². The van der Waals surface area contributed by atoms with Gasteiger partial charge in [-0.1, -0.05) is 29.9 Å². The van der Waals surface area contributed by atoms with Gasteiger partial charge in [-0.15, -0.1) is 0 Å². The first-order valence-electron chi connectivity index (χ1n) is 7.29. The molecule has 1 saturated carbocycles. The van der Waals surface area contributed by atoms with Crippen molar-refractivity contribution >= 4 is 17.7 Å². The Morgan fingerprint density at radius 1 is 1.48 bits per heavy atom. The molecule has 112 valence electrons. The number of amides is 1. The Morgan fingerprint density at radius 2 is 2.29 bits per heavy atom. The molecule has 1 aromatic carbocycles. The minimum atomic E-state index is -0.0222. The van der Waals surface area contributed by atoms with Crippen molar-refractivity contribution in [2.24, 2.45) is 5.73 Å². The number of rotatable bonds is 3. The van der Waals surface area contributed by atoms with Crippen molar-refractivity contribution in [2.75, 3.05) is 12.8 Å². The molecule has 3 N–H and O–H groups in total. The summed E-state index contributed by atoms with van der Waals surface area (Å²) in [5.74, 6) is 5.79. The first-order chi connectivity index (χ1) is 10.2. The van der Waals surface area contributed by atoms with Crippen LogP contribution in [0.1, 0.15) is 40.7 Å². The Hall–Kier alpha value is -1.44. The molecule has 0 radical (unpaired) electrons. The lowest BCUT2D eigenvalue weighted by atomic mass is 10.0. The van der Waals surface area contributed by atoms with Crippen LogP contribution in [0.2, 0.25) is 0 Å². The van der Waals surface area contributed by atoms with Crippen molar-refractivity contribution in [3.63, 3.8) is 0 Å². The molecule has 4 heteroatoms. The van der Waals surface area contributed by atoms with Gasteiger partial charge in [0.25, 0.3) is 5.91 Å². The molecule has 2 unspecified atom stereocenters. The maximum atomic E-state index is 12.6. The van der Waals surface area contributed by atoms with Gasteiger partial charge in [0, 0.05) is 16.9 Å². The molecule has 1 aliphatic rings. The van der Waals surface area contributed by atoms with Gasteiger partial charge in [-0.2, -0.15) is 11.8 Å². The molecule has 21 heavy (non-hydrogen) atoms. The van der Waals surface area contributed by atoms with E-state index in [0.29, 0.717) is 17.4 Å². The highest BCUT2D eigenvalue weighted by Gasteiger charge is 2.28. The molecule has 2 atom stereocenters. The maximum absolute atomic E-state index is 12.6. The van der Waals surface area contributed by atoms with Crippen LogP contribution in [0.15, 0.2) is 18.2 Å². The fourth-order valence-corrected chi connectivity index (χ4v) is 3.66. The van der Waals surface area contributed by atoms with Gasteiger partial charge in [0.15, 0.2) is 0 Å². The van der Waals surface area contributed by atoms with Crippen molar-refractivity contribution in [1.82, 2.24) is 5.32 Å². The number of hydrogen-bond acceptors (Lipinski definition) is 3. The van der Waals surface area contributed by atoms with Gasteiger partial charge in [-0.3, -0.25) is 4.79 Å². The second-order valence-corrected chi connectivity index (χ2v) is 6.42. The fraction of sp³-hybridized carbons (Fsp3) is 0.471. The molecule has 0 aromatic heterocycles. The highest BCUT2D eigenvalue weighted by atomic mass is 32.2. The number of nitrogens with two attached hydrogens (primary N) is 1. The molecule has 1 amide bonds. The van der Waals surface area contributed by atoms with Gasteiger partial charge in [0.05, 0.1) is 12.1 Å². The van der Waals surface area contributed by atoms with Crippen molar-refractivity contribution in [2.45, 2.75) is 37.5 Å². The number of carbonyl (C=O) groups is 1. The zero-order valence-electron chi connectivity index (χ0n) is 12.6. The number of aryl methyl sites for hydroxylation is 1. The van der Waals surface area contributed by atoms with Crippen LogP contribution in [0.5, 0.6) is 0 Å². The monoisotopic (exact) mass is 302 g/mol. The summed E-state index contributed by atoms with van der Waals surface area (Å²) in [7, 11) is 0. The summed E-state index contributed by atoms with van der Waals surface area (Å²) >= 11 is 1.84. The average Bonchev–Trinajstić information content (AvgIpc) is 2.93. The number of carbonyl (C=O) groups excluding carboxylic acids is 1. The summed E-state index contributed by atoms with van der Waals surface area (Å²) in [4.78, 5) is 12.6. The zero-order valence-corrected chi connectivity index (χ0v) is 13.4. The summed E-state index contributed by atoms with van der Waals surface area (Å²) < 4.78 is 0. The van der Waals surface area contributed by atoms with Crippen LogP contribution >= 0.6 is 11.8 Å². The molecule has 0 bridgehead atoms. The first-order valence-corrected chi connectivity index (χ1v) is 8.57. The molecular formula is C17H22N2OS. The minimum absolute atomic E-state index is 0.0222. The fourth-order valence-electron chi connectivity index (χ4n) is 2.72. The molecule has 0 saturated heterocycles. The second-order valence-electron chi connectivity index (χ2n) is 5.34. The summed E-state index contributed by atoms with van der Waals surface area (Å²) in [6.45, 7) is 2.28. The minimum Gasteiger partial charge on any atom is -0.348 e. The van der Waals surface area contributed by atoms with E-state index in [-0.39, 0.29) is 11.9 Å². The lowest BCUT2D eigenvalue weighted by molar-refractivity contribution is 0.0938. The maximum Gasteiger partial charge on any atom is 0.252 e. The van der Waals surface area contributed by atoms with Crippen molar-refractivity contribution in [3.05, 3.63) is 34.9 Å². The third-order valence-corrected chi connectivity index (χ3v) is 4.99. The van der Waals surface area contributed by atoms with Gasteiger partial charge < -0.3 is 11.1 Å². The van der Waals surface area contributed by atoms with E-state index in [1.165, 1.54) is 12.8 Å². The number of nitrogens with one attached hydrogen (secondary N) is 1. The van der Waals surface area contributed by atoms with Crippen LogP contribution in [-0.4, -0.2) is 30.0 Å². The third-order valence-electron chi connectivity index (χ3n) is 3.82. The van der Waals surface area contributed by atoms with E-state index in [1.54, 1.807) is 0 Å². The summed E-state index contributed by atoms with van der Waals surface area (Å²) in [5.41, 5.74) is 7.89. The summed E-state index contributed by atoms with van der Waals surface area (Å²) in [5, 5.41) is 3.71. The van der Waals surface area contributed by atoms with Crippen LogP contribution in [0.3, 0.4) is 0 Å². The van der Waals surface area contributed by atoms with E-state index in [0.717, 1.165) is 17.5 Å². The van der Waals surface area contributed by atoms with Gasteiger partial charge in [-0.05, 0) is 38.2 Å². The topological polar surface area (TPSA) is 55.1 Å². The Kier molecular flexibility index (Phi) is 5.72. The zero-order chi connectivity index (χ0) is 15.2. The van der Waals surface area contributed by atoms with Crippen molar-refractivity contribution in [3.8, 4) is 11.8 Å². The predicted octanol–water partition coefficient (Wildman–Crippen LogP) is 2.32. The van der Waals surface area contributed by atoms with E-state index in [2.05, 4.69) is 23.4 Å². The van der Waals surface area contributed by atoms with E-state index in [4.69, 9.17) is 5.73 Å². The molecule has 0 aliphatic heterocycles. The average molecular weight is 302 g/mol. The van der Waals surface area contributed by atoms with Crippen LogP contribution in [0.4, 0.5) is 0 Å². The third kappa shape index (κ3) is 4.03. The number of hydrogen-bond donors (Lipinski definition) is 2. The Morgan fingerprint density at radius 3 is 3.00 bits per heavy atom. The summed E-state index contributed by atoms with van der Waals surface area (Å²) in [6.07, 6.45) is 5.54.